The van der Waals surface area contributed by atoms with Gasteiger partial charge in [-0.3, -0.25) is 0 Å². The average molecular weight is 262 g/mol. The smallest absolute Gasteiger partial charge is 0.134 e. The molecule has 3 nitrogen and oxygen atoms in total. The second-order valence-electron chi connectivity index (χ2n) is 4.94. The van der Waals surface area contributed by atoms with Crippen LogP contribution in [0.1, 0.15) is 31.1 Å². The second kappa shape index (κ2) is 4.75. The van der Waals surface area contributed by atoms with Gasteiger partial charge in [0.05, 0.1) is 6.04 Å². The predicted octanol–water partition coefficient (Wildman–Crippen LogP) is 3.53. The Bertz CT molecular complexity index is 531. The van der Waals surface area contributed by atoms with Crippen molar-refractivity contribution < 1.29 is 0 Å². The summed E-state index contributed by atoms with van der Waals surface area (Å²) in [7, 11) is 0. The van der Waals surface area contributed by atoms with Gasteiger partial charge in [-0.1, -0.05) is 54.8 Å². The van der Waals surface area contributed by atoms with E-state index in [4.69, 9.17) is 17.3 Å². The standard InChI is InChI=1S/C14H16ClN3/c15-13-12(10-4-2-1-3-5-10)17-14(18-13)11(16)8-9-6-7-9/h1-5,9,11H,6-8,16H2,(H,17,18)/t11-/m0/s1. The monoisotopic (exact) mass is 261 g/mol. The second-order valence-corrected chi connectivity index (χ2v) is 5.31. The lowest BCUT2D eigenvalue weighted by atomic mass is 10.1. The Labute approximate surface area is 111 Å². The number of nitrogens with zero attached hydrogens (tertiary/aromatic N) is 1. The van der Waals surface area contributed by atoms with Gasteiger partial charge < -0.3 is 10.7 Å². The van der Waals surface area contributed by atoms with Crippen LogP contribution in [0.4, 0.5) is 0 Å². The molecular weight excluding hydrogens is 246 g/mol. The van der Waals surface area contributed by atoms with Crippen LogP contribution in [0.2, 0.25) is 5.15 Å². The van der Waals surface area contributed by atoms with Crippen LogP contribution in [0, 0.1) is 5.92 Å². The van der Waals surface area contributed by atoms with Gasteiger partial charge in [0, 0.05) is 5.56 Å². The zero-order valence-corrected chi connectivity index (χ0v) is 10.8. The minimum Gasteiger partial charge on any atom is -0.331 e. The van der Waals surface area contributed by atoms with Crippen LogP contribution in [0.3, 0.4) is 0 Å². The van der Waals surface area contributed by atoms with Gasteiger partial charge in [0.2, 0.25) is 0 Å². The number of benzene rings is 1. The van der Waals surface area contributed by atoms with Gasteiger partial charge in [-0.2, -0.15) is 0 Å². The molecule has 3 rings (SSSR count). The van der Waals surface area contributed by atoms with Crippen molar-refractivity contribution in [2.75, 3.05) is 0 Å². The Morgan fingerprint density at radius 1 is 1.33 bits per heavy atom. The van der Waals surface area contributed by atoms with E-state index >= 15 is 0 Å². The number of rotatable bonds is 4. The van der Waals surface area contributed by atoms with E-state index in [2.05, 4.69) is 9.97 Å². The topological polar surface area (TPSA) is 54.7 Å². The van der Waals surface area contributed by atoms with Gasteiger partial charge in [0.25, 0.3) is 0 Å². The SMILES string of the molecule is N[C@@H](CC1CC1)c1nc(-c2ccccc2)c(Cl)[nH]1. The molecule has 1 heterocycles. The molecule has 18 heavy (non-hydrogen) atoms. The van der Waals surface area contributed by atoms with Crippen molar-refractivity contribution in [3.8, 4) is 11.3 Å². The van der Waals surface area contributed by atoms with E-state index in [0.29, 0.717) is 5.15 Å². The summed E-state index contributed by atoms with van der Waals surface area (Å²) in [5.74, 6) is 1.58. The molecule has 0 radical (unpaired) electrons. The van der Waals surface area contributed by atoms with E-state index in [1.165, 1.54) is 12.8 Å². The zero-order valence-electron chi connectivity index (χ0n) is 10.1. The summed E-state index contributed by atoms with van der Waals surface area (Å²) in [5, 5.41) is 0.572. The molecule has 3 N–H and O–H groups in total. The number of nitrogens with two attached hydrogens (primary N) is 1. The normalized spacial score (nSPS) is 16.8. The third-order valence-electron chi connectivity index (χ3n) is 3.36. The minimum atomic E-state index is -0.0348. The Morgan fingerprint density at radius 3 is 2.72 bits per heavy atom. The minimum absolute atomic E-state index is 0.0348. The quantitative estimate of drug-likeness (QED) is 0.885. The number of H-pyrrole nitrogens is 1. The first-order valence-electron chi connectivity index (χ1n) is 6.30. The molecule has 2 aromatic rings. The lowest BCUT2D eigenvalue weighted by Crippen LogP contribution is -2.12. The van der Waals surface area contributed by atoms with Crippen molar-refractivity contribution in [3.05, 3.63) is 41.3 Å². The third kappa shape index (κ3) is 2.42. The number of nitrogens with one attached hydrogen (secondary N) is 1. The highest BCUT2D eigenvalue weighted by atomic mass is 35.5. The number of imidazole rings is 1. The van der Waals surface area contributed by atoms with Gasteiger partial charge >= 0.3 is 0 Å². The van der Waals surface area contributed by atoms with Gasteiger partial charge in [0.1, 0.15) is 16.7 Å². The highest BCUT2D eigenvalue weighted by molar-refractivity contribution is 6.31. The lowest BCUT2D eigenvalue weighted by molar-refractivity contribution is 0.573. The lowest BCUT2D eigenvalue weighted by Gasteiger charge is -2.06. The maximum Gasteiger partial charge on any atom is 0.134 e. The van der Waals surface area contributed by atoms with Crippen LogP contribution in [-0.2, 0) is 0 Å². The number of aromatic amines is 1. The molecule has 0 aliphatic heterocycles. The molecule has 0 bridgehead atoms. The molecule has 1 saturated carbocycles. The van der Waals surface area contributed by atoms with Crippen molar-refractivity contribution in [2.24, 2.45) is 11.7 Å². The number of hydrogen-bond donors (Lipinski definition) is 2. The van der Waals surface area contributed by atoms with E-state index in [9.17, 15) is 0 Å². The van der Waals surface area contributed by atoms with Gasteiger partial charge in [-0.15, -0.1) is 0 Å². The van der Waals surface area contributed by atoms with Crippen molar-refractivity contribution in [1.82, 2.24) is 9.97 Å². The Morgan fingerprint density at radius 2 is 2.06 bits per heavy atom. The summed E-state index contributed by atoms with van der Waals surface area (Å²) in [6.07, 6.45) is 3.60. The molecule has 94 valence electrons. The molecule has 1 aromatic heterocycles. The van der Waals surface area contributed by atoms with Crippen LogP contribution in [0.15, 0.2) is 30.3 Å². The maximum atomic E-state index is 6.20. The molecule has 1 fully saturated rings. The zero-order chi connectivity index (χ0) is 12.5. The molecule has 1 aliphatic rings. The molecule has 1 aliphatic carbocycles. The Kier molecular flexibility index (Phi) is 3.10. The molecule has 0 saturated heterocycles. The van der Waals surface area contributed by atoms with Crippen LogP contribution >= 0.6 is 11.6 Å². The summed E-state index contributed by atoms with van der Waals surface area (Å²) in [6, 6.07) is 9.89. The first-order valence-corrected chi connectivity index (χ1v) is 6.68. The maximum absolute atomic E-state index is 6.20. The first-order chi connectivity index (χ1) is 8.74. The van der Waals surface area contributed by atoms with E-state index < -0.39 is 0 Å². The van der Waals surface area contributed by atoms with Crippen molar-refractivity contribution in [3.63, 3.8) is 0 Å². The predicted molar refractivity (Wildman–Crippen MR) is 73.3 cm³/mol. The van der Waals surface area contributed by atoms with Crippen LogP contribution in [0.5, 0.6) is 0 Å². The van der Waals surface area contributed by atoms with Crippen molar-refractivity contribution >= 4 is 11.6 Å². The highest BCUT2D eigenvalue weighted by Gasteiger charge is 2.26. The average Bonchev–Trinajstić information content (AvgIpc) is 3.10. The number of hydrogen-bond acceptors (Lipinski definition) is 2. The fourth-order valence-electron chi connectivity index (χ4n) is 2.16. The molecule has 1 atom stereocenters. The fraction of sp³-hybridized carbons (Fsp3) is 0.357. The third-order valence-corrected chi connectivity index (χ3v) is 3.63. The van der Waals surface area contributed by atoms with E-state index in [0.717, 1.165) is 29.4 Å². The highest BCUT2D eigenvalue weighted by Crippen LogP contribution is 2.37. The summed E-state index contributed by atoms with van der Waals surface area (Å²) in [6.45, 7) is 0. The Hall–Kier alpha value is -1.32. The van der Waals surface area contributed by atoms with E-state index in [1.54, 1.807) is 0 Å². The fourth-order valence-corrected chi connectivity index (χ4v) is 2.40. The molecule has 0 spiro atoms. The summed E-state index contributed by atoms with van der Waals surface area (Å²) >= 11 is 6.20. The molecule has 0 unspecified atom stereocenters. The van der Waals surface area contributed by atoms with Gasteiger partial charge in [0.15, 0.2) is 0 Å². The molecule has 4 heteroatoms. The van der Waals surface area contributed by atoms with Crippen LogP contribution < -0.4 is 5.73 Å². The van der Waals surface area contributed by atoms with Crippen LogP contribution in [-0.4, -0.2) is 9.97 Å². The van der Waals surface area contributed by atoms with E-state index in [1.807, 2.05) is 30.3 Å². The summed E-state index contributed by atoms with van der Waals surface area (Å²) < 4.78 is 0. The van der Waals surface area contributed by atoms with Crippen LogP contribution in [0.25, 0.3) is 11.3 Å². The first kappa shape index (κ1) is 11.8. The largest absolute Gasteiger partial charge is 0.331 e. The molecule has 0 amide bonds. The van der Waals surface area contributed by atoms with Crippen molar-refractivity contribution in [1.29, 1.82) is 0 Å². The summed E-state index contributed by atoms with van der Waals surface area (Å²) in [5.41, 5.74) is 7.95. The Balaban J connectivity index is 1.85. The van der Waals surface area contributed by atoms with Gasteiger partial charge in [-0.05, 0) is 12.3 Å². The number of aromatic nitrogens is 2. The number of halogens is 1. The van der Waals surface area contributed by atoms with E-state index in [-0.39, 0.29) is 6.04 Å². The molecule has 1 aromatic carbocycles. The summed E-state index contributed by atoms with van der Waals surface area (Å²) in [4.78, 5) is 7.65. The van der Waals surface area contributed by atoms with Crippen molar-refractivity contribution in [2.45, 2.75) is 25.3 Å². The molecular formula is C14H16ClN3. The van der Waals surface area contributed by atoms with Gasteiger partial charge in [-0.25, -0.2) is 4.98 Å².